The van der Waals surface area contributed by atoms with Gasteiger partial charge in [0.25, 0.3) is 5.91 Å². The molecule has 1 fully saturated rings. The molecule has 2 aromatic carbocycles. The Balaban J connectivity index is 1.49. The molecule has 1 aliphatic heterocycles. The number of morpholine rings is 1. The van der Waals surface area contributed by atoms with Gasteiger partial charge in [-0.1, -0.05) is 12.1 Å². The molecule has 0 unspecified atom stereocenters. The van der Waals surface area contributed by atoms with Gasteiger partial charge in [-0.15, -0.1) is 0 Å². The van der Waals surface area contributed by atoms with Crippen LogP contribution in [0.2, 0.25) is 0 Å². The predicted octanol–water partition coefficient (Wildman–Crippen LogP) is 1.96. The second kappa shape index (κ2) is 12.1. The molecule has 2 amide bonds. The lowest BCUT2D eigenvalue weighted by atomic mass is 10.1. The Bertz CT molecular complexity index is 917. The second-order valence-corrected chi connectivity index (χ2v) is 7.55. The summed E-state index contributed by atoms with van der Waals surface area (Å²) in [6.07, 6.45) is 0.944. The van der Waals surface area contributed by atoms with Gasteiger partial charge in [-0.2, -0.15) is 0 Å². The number of nitrogens with one attached hydrogen (secondary N) is 2. The maximum Gasteiger partial charge on any atom is 0.251 e. The van der Waals surface area contributed by atoms with Crippen LogP contribution in [0.25, 0.3) is 0 Å². The molecule has 2 N–H and O–H groups in total. The average Bonchev–Trinajstić information content (AvgIpc) is 2.86. The number of hydrogen-bond acceptors (Lipinski definition) is 7. The number of hydrogen-bond donors (Lipinski definition) is 2. The van der Waals surface area contributed by atoms with Crippen LogP contribution in [0.3, 0.4) is 0 Å². The Morgan fingerprint density at radius 2 is 1.61 bits per heavy atom. The van der Waals surface area contributed by atoms with Crippen LogP contribution in [-0.2, 0) is 16.0 Å². The van der Waals surface area contributed by atoms with Crippen LogP contribution in [0, 0.1) is 0 Å². The molecule has 1 heterocycles. The van der Waals surface area contributed by atoms with E-state index in [1.54, 1.807) is 0 Å². The van der Waals surface area contributed by atoms with Gasteiger partial charge in [0, 0.05) is 30.9 Å². The third-order valence-electron chi connectivity index (χ3n) is 5.39. The largest absolute Gasteiger partial charge is 0.493 e. The summed E-state index contributed by atoms with van der Waals surface area (Å²) in [5, 5.41) is 5.40. The van der Waals surface area contributed by atoms with Crippen molar-refractivity contribution in [1.82, 2.24) is 10.2 Å². The first-order valence-electron chi connectivity index (χ1n) is 10.8. The molecule has 178 valence electrons. The third kappa shape index (κ3) is 6.84. The van der Waals surface area contributed by atoms with E-state index >= 15 is 0 Å². The fourth-order valence-electron chi connectivity index (χ4n) is 3.55. The summed E-state index contributed by atoms with van der Waals surface area (Å²) in [6.45, 7) is 4.34. The van der Waals surface area contributed by atoms with E-state index in [0.29, 0.717) is 28.5 Å². The van der Waals surface area contributed by atoms with Crippen molar-refractivity contribution in [2.75, 3.05) is 66.0 Å². The van der Waals surface area contributed by atoms with Crippen LogP contribution < -0.4 is 24.8 Å². The number of carbonyl (C=O) groups is 2. The van der Waals surface area contributed by atoms with Gasteiger partial charge in [0.1, 0.15) is 0 Å². The van der Waals surface area contributed by atoms with E-state index in [4.69, 9.17) is 18.9 Å². The summed E-state index contributed by atoms with van der Waals surface area (Å²) in [5.41, 5.74) is 2.18. The van der Waals surface area contributed by atoms with Gasteiger partial charge >= 0.3 is 0 Å². The fourth-order valence-corrected chi connectivity index (χ4v) is 3.55. The fraction of sp³-hybridized carbons (Fsp3) is 0.417. The molecule has 0 aromatic heterocycles. The van der Waals surface area contributed by atoms with Crippen LogP contribution in [0.15, 0.2) is 36.4 Å². The van der Waals surface area contributed by atoms with Crippen molar-refractivity contribution in [3.05, 3.63) is 47.5 Å². The number of benzene rings is 2. The standard InChI is InChI=1S/C24H31N3O6/c1-30-20-14-18(15-21(31-2)23(20)32-3)24(29)25-16-22(28)26-19-6-4-17(5-7-19)8-9-27-10-12-33-13-11-27/h4-7,14-15H,8-13,16H2,1-3H3,(H,25,29)(H,26,28). The molecule has 2 aromatic rings. The van der Waals surface area contributed by atoms with Gasteiger partial charge in [0.05, 0.1) is 41.1 Å². The zero-order chi connectivity index (χ0) is 23.6. The lowest BCUT2D eigenvalue weighted by Crippen LogP contribution is -2.37. The molecule has 33 heavy (non-hydrogen) atoms. The molecular formula is C24H31N3O6. The predicted molar refractivity (Wildman–Crippen MR) is 124 cm³/mol. The van der Waals surface area contributed by atoms with Crippen molar-refractivity contribution in [3.8, 4) is 17.2 Å². The Hall–Kier alpha value is -3.30. The molecule has 1 aliphatic rings. The first-order valence-corrected chi connectivity index (χ1v) is 10.8. The number of carbonyl (C=O) groups excluding carboxylic acids is 2. The van der Waals surface area contributed by atoms with E-state index in [1.807, 2.05) is 24.3 Å². The summed E-state index contributed by atoms with van der Waals surface area (Å²) in [7, 11) is 4.43. The van der Waals surface area contributed by atoms with Crippen LogP contribution >= 0.6 is 0 Å². The summed E-state index contributed by atoms with van der Waals surface area (Å²) >= 11 is 0. The first-order chi connectivity index (χ1) is 16.0. The highest BCUT2D eigenvalue weighted by molar-refractivity contribution is 6.00. The highest BCUT2D eigenvalue weighted by Gasteiger charge is 2.17. The van der Waals surface area contributed by atoms with E-state index in [-0.39, 0.29) is 12.5 Å². The summed E-state index contributed by atoms with van der Waals surface area (Å²) in [6, 6.07) is 10.8. The molecule has 9 heteroatoms. The van der Waals surface area contributed by atoms with Crippen molar-refractivity contribution < 1.29 is 28.5 Å². The second-order valence-electron chi connectivity index (χ2n) is 7.55. The molecule has 0 radical (unpaired) electrons. The Morgan fingerprint density at radius 3 is 2.18 bits per heavy atom. The quantitative estimate of drug-likeness (QED) is 0.563. The van der Waals surface area contributed by atoms with E-state index in [0.717, 1.165) is 39.3 Å². The topological polar surface area (TPSA) is 98.4 Å². The van der Waals surface area contributed by atoms with Crippen molar-refractivity contribution in [2.24, 2.45) is 0 Å². The smallest absolute Gasteiger partial charge is 0.251 e. The van der Waals surface area contributed by atoms with E-state index in [2.05, 4.69) is 15.5 Å². The first kappa shape index (κ1) is 24.3. The van der Waals surface area contributed by atoms with Crippen molar-refractivity contribution in [3.63, 3.8) is 0 Å². The maximum atomic E-state index is 12.5. The van der Waals surface area contributed by atoms with E-state index in [9.17, 15) is 9.59 Å². The van der Waals surface area contributed by atoms with Gasteiger partial charge in [-0.05, 0) is 36.2 Å². The molecule has 1 saturated heterocycles. The Labute approximate surface area is 193 Å². The zero-order valence-electron chi connectivity index (χ0n) is 19.3. The summed E-state index contributed by atoms with van der Waals surface area (Å²) in [4.78, 5) is 27.2. The highest BCUT2D eigenvalue weighted by Crippen LogP contribution is 2.38. The zero-order valence-corrected chi connectivity index (χ0v) is 19.3. The van der Waals surface area contributed by atoms with Gasteiger partial charge in [0.15, 0.2) is 11.5 Å². The highest BCUT2D eigenvalue weighted by atomic mass is 16.5. The minimum Gasteiger partial charge on any atom is -0.493 e. The van der Waals surface area contributed by atoms with Crippen LogP contribution in [0.1, 0.15) is 15.9 Å². The number of ether oxygens (including phenoxy) is 4. The van der Waals surface area contributed by atoms with Crippen LogP contribution in [0.4, 0.5) is 5.69 Å². The van der Waals surface area contributed by atoms with Gasteiger partial charge in [-0.25, -0.2) is 0 Å². The third-order valence-corrected chi connectivity index (χ3v) is 5.39. The Morgan fingerprint density at radius 1 is 0.970 bits per heavy atom. The molecule has 0 atom stereocenters. The van der Waals surface area contributed by atoms with Crippen LogP contribution in [0.5, 0.6) is 17.2 Å². The maximum absolute atomic E-state index is 12.5. The van der Waals surface area contributed by atoms with Crippen LogP contribution in [-0.4, -0.2) is 77.4 Å². The van der Waals surface area contributed by atoms with Gasteiger partial charge in [0.2, 0.25) is 11.7 Å². The number of rotatable bonds is 10. The van der Waals surface area contributed by atoms with Crippen molar-refractivity contribution in [2.45, 2.75) is 6.42 Å². The lowest BCUT2D eigenvalue weighted by Gasteiger charge is -2.26. The molecule has 0 saturated carbocycles. The van der Waals surface area contributed by atoms with Crippen molar-refractivity contribution >= 4 is 17.5 Å². The average molecular weight is 458 g/mol. The van der Waals surface area contributed by atoms with E-state index < -0.39 is 5.91 Å². The number of methoxy groups -OCH3 is 3. The van der Waals surface area contributed by atoms with Crippen molar-refractivity contribution in [1.29, 1.82) is 0 Å². The summed E-state index contributed by atoms with van der Waals surface area (Å²) in [5.74, 6) is 0.364. The molecule has 0 bridgehead atoms. The number of nitrogens with zero attached hydrogens (tertiary/aromatic N) is 1. The molecule has 3 rings (SSSR count). The normalized spacial score (nSPS) is 13.8. The number of amides is 2. The minimum absolute atomic E-state index is 0.172. The van der Waals surface area contributed by atoms with Gasteiger partial charge in [-0.3, -0.25) is 14.5 Å². The van der Waals surface area contributed by atoms with E-state index in [1.165, 1.54) is 39.0 Å². The molecule has 0 spiro atoms. The minimum atomic E-state index is -0.428. The SMILES string of the molecule is COc1cc(C(=O)NCC(=O)Nc2ccc(CCN3CCOCC3)cc2)cc(OC)c1OC. The Kier molecular flexibility index (Phi) is 8.91. The molecular weight excluding hydrogens is 426 g/mol. The monoisotopic (exact) mass is 457 g/mol. The lowest BCUT2D eigenvalue weighted by molar-refractivity contribution is -0.115. The number of anilines is 1. The molecule has 9 nitrogen and oxygen atoms in total. The van der Waals surface area contributed by atoms with Gasteiger partial charge < -0.3 is 29.6 Å². The summed E-state index contributed by atoms with van der Waals surface area (Å²) < 4.78 is 21.2. The molecule has 0 aliphatic carbocycles.